The highest BCUT2D eigenvalue weighted by molar-refractivity contribution is 5.72. The molecule has 0 radical (unpaired) electrons. The Morgan fingerprint density at radius 1 is 1.25 bits per heavy atom. The maximum Gasteiger partial charge on any atom is 0.573 e. The molecule has 0 saturated heterocycles. The van der Waals surface area contributed by atoms with Gasteiger partial charge in [-0.1, -0.05) is 6.07 Å². The molecule has 3 heterocycles. The molecule has 0 bridgehead atoms. The number of nitrogens with zero attached hydrogens (tertiary/aromatic N) is 3. The SMILES string of the molecule is O=c1c2nc(-c3cccc(OC(F)(F)F)c3)oc2nc2n1CCC2. The van der Waals surface area contributed by atoms with Gasteiger partial charge in [-0.3, -0.25) is 9.36 Å². The van der Waals surface area contributed by atoms with Crippen LogP contribution in [0.4, 0.5) is 13.2 Å². The molecular formula is C15H10F3N3O3. The number of alkyl halides is 3. The second kappa shape index (κ2) is 5.08. The number of benzene rings is 1. The molecule has 0 unspecified atom stereocenters. The summed E-state index contributed by atoms with van der Waals surface area (Å²) in [6, 6.07) is 5.20. The van der Waals surface area contributed by atoms with Crippen molar-refractivity contribution in [2.45, 2.75) is 25.7 Å². The van der Waals surface area contributed by atoms with E-state index in [0.717, 1.165) is 12.5 Å². The van der Waals surface area contributed by atoms with Gasteiger partial charge in [-0.2, -0.15) is 4.98 Å². The Morgan fingerprint density at radius 3 is 2.88 bits per heavy atom. The highest BCUT2D eigenvalue weighted by Gasteiger charge is 2.31. The largest absolute Gasteiger partial charge is 0.573 e. The number of fused-ring (bicyclic) bond motifs is 2. The first-order valence-corrected chi connectivity index (χ1v) is 7.17. The van der Waals surface area contributed by atoms with E-state index in [2.05, 4.69) is 14.7 Å². The van der Waals surface area contributed by atoms with Crippen molar-refractivity contribution in [3.8, 4) is 17.2 Å². The minimum atomic E-state index is -4.79. The number of hydrogen-bond donors (Lipinski definition) is 0. The number of aryl methyl sites for hydroxylation is 1. The van der Waals surface area contributed by atoms with Gasteiger partial charge in [-0.05, 0) is 24.6 Å². The van der Waals surface area contributed by atoms with Gasteiger partial charge in [-0.15, -0.1) is 13.2 Å². The number of aromatic nitrogens is 3. The highest BCUT2D eigenvalue weighted by atomic mass is 19.4. The zero-order valence-electron chi connectivity index (χ0n) is 12.1. The van der Waals surface area contributed by atoms with E-state index in [1.807, 2.05) is 0 Å². The Morgan fingerprint density at radius 2 is 2.08 bits per heavy atom. The van der Waals surface area contributed by atoms with Gasteiger partial charge in [-0.25, -0.2) is 4.98 Å². The lowest BCUT2D eigenvalue weighted by atomic mass is 10.2. The van der Waals surface area contributed by atoms with Gasteiger partial charge in [0.15, 0.2) is 5.52 Å². The molecule has 0 atom stereocenters. The molecule has 9 heteroatoms. The van der Waals surface area contributed by atoms with E-state index in [-0.39, 0.29) is 28.2 Å². The number of ether oxygens (including phenoxy) is 1. The molecule has 4 rings (SSSR count). The molecule has 0 spiro atoms. The van der Waals surface area contributed by atoms with Gasteiger partial charge in [0.2, 0.25) is 5.89 Å². The van der Waals surface area contributed by atoms with E-state index >= 15 is 0 Å². The number of hydrogen-bond acceptors (Lipinski definition) is 5. The molecule has 0 amide bonds. The quantitative estimate of drug-likeness (QED) is 0.719. The maximum absolute atomic E-state index is 12.3. The monoisotopic (exact) mass is 337 g/mol. The Kier molecular flexibility index (Phi) is 3.12. The summed E-state index contributed by atoms with van der Waals surface area (Å²) >= 11 is 0. The average molecular weight is 337 g/mol. The molecule has 6 nitrogen and oxygen atoms in total. The average Bonchev–Trinajstić information content (AvgIpc) is 3.12. The first-order chi connectivity index (χ1) is 11.4. The Hall–Kier alpha value is -2.84. The van der Waals surface area contributed by atoms with Crippen molar-refractivity contribution in [3.05, 3.63) is 40.4 Å². The topological polar surface area (TPSA) is 70.2 Å². The molecule has 0 N–H and O–H groups in total. The van der Waals surface area contributed by atoms with Gasteiger partial charge >= 0.3 is 6.36 Å². The molecule has 24 heavy (non-hydrogen) atoms. The van der Waals surface area contributed by atoms with Crippen LogP contribution in [0.25, 0.3) is 22.7 Å². The van der Waals surface area contributed by atoms with E-state index < -0.39 is 12.1 Å². The molecule has 0 aliphatic carbocycles. The third-order valence-corrected chi connectivity index (χ3v) is 3.70. The lowest BCUT2D eigenvalue weighted by molar-refractivity contribution is -0.274. The van der Waals surface area contributed by atoms with Crippen LogP contribution in [0.2, 0.25) is 0 Å². The normalized spacial score (nSPS) is 14.1. The zero-order valence-corrected chi connectivity index (χ0v) is 12.1. The second-order valence-corrected chi connectivity index (χ2v) is 5.34. The molecule has 0 saturated carbocycles. The molecule has 1 aliphatic heterocycles. The van der Waals surface area contributed by atoms with Crippen molar-refractivity contribution in [3.63, 3.8) is 0 Å². The van der Waals surface area contributed by atoms with Crippen LogP contribution in [-0.4, -0.2) is 20.9 Å². The van der Waals surface area contributed by atoms with Crippen LogP contribution in [0.5, 0.6) is 5.75 Å². The van der Waals surface area contributed by atoms with Crippen LogP contribution >= 0.6 is 0 Å². The van der Waals surface area contributed by atoms with Crippen molar-refractivity contribution in [1.82, 2.24) is 14.5 Å². The fourth-order valence-corrected chi connectivity index (χ4v) is 2.72. The van der Waals surface area contributed by atoms with Crippen LogP contribution < -0.4 is 10.3 Å². The lowest BCUT2D eigenvalue weighted by Crippen LogP contribution is -2.20. The molecule has 3 aromatic rings. The van der Waals surface area contributed by atoms with Crippen molar-refractivity contribution >= 4 is 11.2 Å². The van der Waals surface area contributed by atoms with Gasteiger partial charge in [0.1, 0.15) is 11.6 Å². The van der Waals surface area contributed by atoms with Crippen molar-refractivity contribution in [2.24, 2.45) is 0 Å². The fourth-order valence-electron chi connectivity index (χ4n) is 2.72. The molecule has 1 aliphatic rings. The summed E-state index contributed by atoms with van der Waals surface area (Å²) in [5, 5.41) is 0. The third kappa shape index (κ3) is 2.51. The number of halogens is 3. The predicted octanol–water partition coefficient (Wildman–Crippen LogP) is 2.90. The van der Waals surface area contributed by atoms with Crippen LogP contribution in [0.3, 0.4) is 0 Å². The maximum atomic E-state index is 12.3. The zero-order chi connectivity index (χ0) is 16.9. The van der Waals surface area contributed by atoms with E-state index in [4.69, 9.17) is 4.42 Å². The smallest absolute Gasteiger partial charge is 0.417 e. The first-order valence-electron chi connectivity index (χ1n) is 7.17. The van der Waals surface area contributed by atoms with E-state index in [1.54, 1.807) is 0 Å². The third-order valence-electron chi connectivity index (χ3n) is 3.70. The summed E-state index contributed by atoms with van der Waals surface area (Å²) in [6.07, 6.45) is -3.28. The van der Waals surface area contributed by atoms with Gasteiger partial charge in [0.05, 0.1) is 0 Å². The van der Waals surface area contributed by atoms with Crippen LogP contribution in [0, 0.1) is 0 Å². The Bertz CT molecular complexity index is 991. The Labute approximate surface area is 132 Å². The summed E-state index contributed by atoms with van der Waals surface area (Å²) in [5.41, 5.74) is 0.118. The van der Waals surface area contributed by atoms with Gasteiger partial charge in [0, 0.05) is 18.5 Å². The minimum Gasteiger partial charge on any atom is -0.417 e. The van der Waals surface area contributed by atoms with E-state index in [9.17, 15) is 18.0 Å². The van der Waals surface area contributed by atoms with Crippen LogP contribution in [0.1, 0.15) is 12.2 Å². The van der Waals surface area contributed by atoms with E-state index in [0.29, 0.717) is 18.8 Å². The van der Waals surface area contributed by atoms with Crippen molar-refractivity contribution in [2.75, 3.05) is 0 Å². The molecule has 0 fully saturated rings. The molecule has 2 aromatic heterocycles. The standard InChI is InChI=1S/C15H10F3N3O3/c16-15(17,18)24-9-4-1-3-8(7-9)12-20-11-13(23-12)19-10-5-2-6-21(10)14(11)22/h1,3-4,7H,2,5-6H2. The van der Waals surface area contributed by atoms with Crippen molar-refractivity contribution in [1.29, 1.82) is 0 Å². The number of oxazole rings is 1. The molecule has 1 aromatic carbocycles. The summed E-state index contributed by atoms with van der Waals surface area (Å²) < 4.78 is 47.8. The van der Waals surface area contributed by atoms with Crippen molar-refractivity contribution < 1.29 is 22.3 Å². The lowest BCUT2D eigenvalue weighted by Gasteiger charge is -2.08. The predicted molar refractivity (Wildman–Crippen MR) is 76.5 cm³/mol. The Balaban J connectivity index is 1.79. The summed E-state index contributed by atoms with van der Waals surface area (Å²) in [6.45, 7) is 0.578. The highest BCUT2D eigenvalue weighted by Crippen LogP contribution is 2.29. The van der Waals surface area contributed by atoms with Crippen LogP contribution in [0.15, 0.2) is 33.5 Å². The number of rotatable bonds is 2. The summed E-state index contributed by atoms with van der Waals surface area (Å²) in [4.78, 5) is 20.7. The summed E-state index contributed by atoms with van der Waals surface area (Å²) in [5.74, 6) is 0.255. The van der Waals surface area contributed by atoms with E-state index in [1.165, 1.54) is 22.8 Å². The van der Waals surface area contributed by atoms with Crippen LogP contribution in [-0.2, 0) is 13.0 Å². The van der Waals surface area contributed by atoms with Gasteiger partial charge in [0.25, 0.3) is 11.3 Å². The first kappa shape index (κ1) is 14.7. The van der Waals surface area contributed by atoms with Gasteiger partial charge < -0.3 is 9.15 Å². The molecule has 124 valence electrons. The fraction of sp³-hybridized carbons (Fsp3) is 0.267. The second-order valence-electron chi connectivity index (χ2n) is 5.34. The minimum absolute atomic E-state index is 0.0199. The summed E-state index contributed by atoms with van der Waals surface area (Å²) in [7, 11) is 0. The molecular weight excluding hydrogens is 327 g/mol.